The second-order valence-electron chi connectivity index (χ2n) is 5.64. The molecular formula is C20H23N3O2. The average Bonchev–Trinajstić information content (AvgIpc) is 3.03. The van der Waals surface area contributed by atoms with Crippen LogP contribution in [-0.4, -0.2) is 28.4 Å². The molecule has 3 rings (SSSR count). The first kappa shape index (κ1) is 17.0. The van der Waals surface area contributed by atoms with Crippen molar-refractivity contribution < 1.29 is 9.53 Å². The maximum Gasteiger partial charge on any atom is 0.277 e. The molecule has 0 N–H and O–H groups in total. The number of fused-ring (bicyclic) bond motifs is 1. The lowest BCUT2D eigenvalue weighted by Crippen LogP contribution is -2.32. The zero-order chi connectivity index (χ0) is 17.8. The molecule has 3 aromatic rings. The van der Waals surface area contributed by atoms with Gasteiger partial charge in [-0.3, -0.25) is 9.20 Å². The van der Waals surface area contributed by atoms with E-state index in [0.717, 1.165) is 11.4 Å². The summed E-state index contributed by atoms with van der Waals surface area (Å²) in [6.45, 7) is 7.07. The number of pyridine rings is 1. The third kappa shape index (κ3) is 3.09. The van der Waals surface area contributed by atoms with Gasteiger partial charge in [-0.05, 0) is 44.5 Å². The van der Waals surface area contributed by atoms with Crippen LogP contribution < -0.4 is 9.64 Å². The summed E-state index contributed by atoms with van der Waals surface area (Å²) < 4.78 is 7.52. The molecule has 5 heteroatoms. The first-order chi connectivity index (χ1) is 12.2. The number of hydrogen-bond acceptors (Lipinski definition) is 3. The lowest BCUT2D eigenvalue weighted by atomic mass is 10.2. The minimum atomic E-state index is -0.0494. The number of rotatable bonds is 6. The molecule has 0 bridgehead atoms. The fraction of sp³-hybridized carbons (Fsp3) is 0.300. The van der Waals surface area contributed by atoms with Crippen LogP contribution in [0.5, 0.6) is 5.75 Å². The van der Waals surface area contributed by atoms with Crippen molar-refractivity contribution in [2.45, 2.75) is 27.2 Å². The molecule has 0 saturated heterocycles. The average molecular weight is 337 g/mol. The lowest BCUT2D eigenvalue weighted by molar-refractivity contribution is 0.0981. The van der Waals surface area contributed by atoms with E-state index in [0.29, 0.717) is 36.7 Å². The van der Waals surface area contributed by atoms with Gasteiger partial charge < -0.3 is 9.64 Å². The Morgan fingerprint density at radius 3 is 2.52 bits per heavy atom. The molecule has 0 spiro atoms. The van der Waals surface area contributed by atoms with Gasteiger partial charge in [0.15, 0.2) is 11.4 Å². The minimum absolute atomic E-state index is 0.0494. The number of hydrogen-bond donors (Lipinski definition) is 0. The molecule has 0 aliphatic carbocycles. The molecule has 0 atom stereocenters. The molecule has 2 heterocycles. The van der Waals surface area contributed by atoms with E-state index in [4.69, 9.17) is 4.74 Å². The number of nitrogens with zero attached hydrogens (tertiary/aromatic N) is 3. The molecule has 0 fully saturated rings. The number of amides is 1. The highest BCUT2D eigenvalue weighted by molar-refractivity contribution is 6.06. The lowest BCUT2D eigenvalue weighted by Gasteiger charge is -2.21. The fourth-order valence-corrected chi connectivity index (χ4v) is 3.01. The van der Waals surface area contributed by atoms with Crippen molar-refractivity contribution in [2.24, 2.45) is 0 Å². The first-order valence-electron chi connectivity index (χ1n) is 8.70. The Morgan fingerprint density at radius 1 is 1.12 bits per heavy atom. The third-order valence-corrected chi connectivity index (χ3v) is 4.15. The molecule has 1 amide bonds. The highest BCUT2D eigenvalue weighted by atomic mass is 16.5. The van der Waals surface area contributed by atoms with Gasteiger partial charge in [0.1, 0.15) is 5.69 Å². The van der Waals surface area contributed by atoms with Crippen molar-refractivity contribution in [3.8, 4) is 5.75 Å². The van der Waals surface area contributed by atoms with E-state index in [1.807, 2.05) is 73.8 Å². The second kappa shape index (κ2) is 7.38. The molecule has 130 valence electrons. The Balaban J connectivity index is 2.13. The van der Waals surface area contributed by atoms with Gasteiger partial charge in [-0.1, -0.05) is 25.1 Å². The van der Waals surface area contributed by atoms with Gasteiger partial charge in [0.05, 0.1) is 12.3 Å². The summed E-state index contributed by atoms with van der Waals surface area (Å²) in [5, 5.41) is 0. The van der Waals surface area contributed by atoms with Gasteiger partial charge in [-0.25, -0.2) is 4.98 Å². The predicted molar refractivity (Wildman–Crippen MR) is 99.5 cm³/mol. The standard InChI is InChI=1S/C20H23N3O2/c1-4-16-18(20(24)22(5-2)15-11-8-7-9-12-15)23-14-10-13-17(25-6-3)19(23)21-16/h7-14H,4-6H2,1-3H3. The van der Waals surface area contributed by atoms with Crippen LogP contribution in [-0.2, 0) is 6.42 Å². The highest BCUT2D eigenvalue weighted by Gasteiger charge is 2.25. The maximum atomic E-state index is 13.3. The number of aryl methyl sites for hydroxylation is 1. The number of ether oxygens (including phenoxy) is 1. The van der Waals surface area contributed by atoms with Crippen molar-refractivity contribution in [3.05, 3.63) is 60.0 Å². The van der Waals surface area contributed by atoms with E-state index in [-0.39, 0.29) is 5.91 Å². The summed E-state index contributed by atoms with van der Waals surface area (Å²) >= 11 is 0. The minimum Gasteiger partial charge on any atom is -0.490 e. The Labute approximate surface area is 147 Å². The molecule has 0 aliphatic heterocycles. The van der Waals surface area contributed by atoms with Crippen LogP contribution in [0.15, 0.2) is 48.7 Å². The Bertz CT molecular complexity index is 871. The zero-order valence-corrected chi connectivity index (χ0v) is 14.9. The summed E-state index contributed by atoms with van der Waals surface area (Å²) in [5.74, 6) is 0.646. The van der Waals surface area contributed by atoms with Crippen molar-refractivity contribution in [1.82, 2.24) is 9.38 Å². The first-order valence-corrected chi connectivity index (χ1v) is 8.70. The van der Waals surface area contributed by atoms with Crippen molar-refractivity contribution >= 4 is 17.2 Å². The number of imidazole rings is 1. The molecule has 0 aliphatic rings. The molecule has 2 aromatic heterocycles. The van der Waals surface area contributed by atoms with Crippen molar-refractivity contribution in [1.29, 1.82) is 0 Å². The van der Waals surface area contributed by atoms with E-state index in [9.17, 15) is 4.79 Å². The molecule has 1 aromatic carbocycles. The van der Waals surface area contributed by atoms with Gasteiger partial charge in [0.2, 0.25) is 0 Å². The van der Waals surface area contributed by atoms with Crippen LogP contribution in [0.3, 0.4) is 0 Å². The Kier molecular flexibility index (Phi) is 5.03. The molecular weight excluding hydrogens is 314 g/mol. The normalized spacial score (nSPS) is 10.8. The summed E-state index contributed by atoms with van der Waals surface area (Å²) in [6, 6.07) is 13.5. The summed E-state index contributed by atoms with van der Waals surface area (Å²) in [5.41, 5.74) is 2.96. The SMILES string of the molecule is CCOc1cccn2c(C(=O)N(CC)c3ccccc3)c(CC)nc12. The monoisotopic (exact) mass is 337 g/mol. The van der Waals surface area contributed by atoms with Gasteiger partial charge in [0.25, 0.3) is 5.91 Å². The number of benzene rings is 1. The third-order valence-electron chi connectivity index (χ3n) is 4.15. The van der Waals surface area contributed by atoms with Crippen molar-refractivity contribution in [3.63, 3.8) is 0 Å². The van der Waals surface area contributed by atoms with E-state index >= 15 is 0 Å². The summed E-state index contributed by atoms with van der Waals surface area (Å²) in [4.78, 5) is 19.8. The Morgan fingerprint density at radius 2 is 1.88 bits per heavy atom. The molecule has 25 heavy (non-hydrogen) atoms. The van der Waals surface area contributed by atoms with E-state index in [1.54, 1.807) is 4.90 Å². The number of carbonyl (C=O) groups excluding carboxylic acids is 1. The van der Waals surface area contributed by atoms with Crippen LogP contribution in [0, 0.1) is 0 Å². The van der Waals surface area contributed by atoms with E-state index in [1.165, 1.54) is 0 Å². The molecule has 5 nitrogen and oxygen atoms in total. The number of anilines is 1. The Hall–Kier alpha value is -2.82. The summed E-state index contributed by atoms with van der Waals surface area (Å²) in [7, 11) is 0. The topological polar surface area (TPSA) is 46.8 Å². The van der Waals surface area contributed by atoms with E-state index < -0.39 is 0 Å². The van der Waals surface area contributed by atoms with Crippen LogP contribution >= 0.6 is 0 Å². The van der Waals surface area contributed by atoms with Crippen LogP contribution in [0.25, 0.3) is 5.65 Å². The smallest absolute Gasteiger partial charge is 0.277 e. The van der Waals surface area contributed by atoms with Crippen LogP contribution in [0.1, 0.15) is 37.0 Å². The van der Waals surface area contributed by atoms with Gasteiger partial charge in [-0.15, -0.1) is 0 Å². The largest absolute Gasteiger partial charge is 0.490 e. The van der Waals surface area contributed by atoms with Crippen LogP contribution in [0.4, 0.5) is 5.69 Å². The number of carbonyl (C=O) groups is 1. The molecule has 0 unspecified atom stereocenters. The zero-order valence-electron chi connectivity index (χ0n) is 14.9. The van der Waals surface area contributed by atoms with E-state index in [2.05, 4.69) is 4.98 Å². The molecule has 0 radical (unpaired) electrons. The highest BCUT2D eigenvalue weighted by Crippen LogP contribution is 2.25. The molecule has 0 saturated carbocycles. The second-order valence-corrected chi connectivity index (χ2v) is 5.64. The quantitative estimate of drug-likeness (QED) is 0.684. The van der Waals surface area contributed by atoms with Gasteiger partial charge in [0, 0.05) is 18.4 Å². The van der Waals surface area contributed by atoms with Crippen LogP contribution in [0.2, 0.25) is 0 Å². The predicted octanol–water partition coefficient (Wildman–Crippen LogP) is 3.96. The van der Waals surface area contributed by atoms with Gasteiger partial charge >= 0.3 is 0 Å². The fourth-order valence-electron chi connectivity index (χ4n) is 3.01. The van der Waals surface area contributed by atoms with Crippen molar-refractivity contribution in [2.75, 3.05) is 18.1 Å². The summed E-state index contributed by atoms with van der Waals surface area (Å²) in [6.07, 6.45) is 2.55. The maximum absolute atomic E-state index is 13.3. The van der Waals surface area contributed by atoms with Gasteiger partial charge in [-0.2, -0.15) is 0 Å². The number of aromatic nitrogens is 2. The number of para-hydroxylation sites is 1.